The molecule has 2 fully saturated rings. The standard InChI is InChI=1S/C21H30N4O3/c1-4-24-17-12-15(3)16(13-18(17)25(5-2)20(24)27)22-19(26)23-10-11-28-21(14-23)8-6-7-9-21/h12-13H,4-11,14H2,1-3H3,(H,22,26). The van der Waals surface area contributed by atoms with Gasteiger partial charge in [-0.3, -0.25) is 9.13 Å². The summed E-state index contributed by atoms with van der Waals surface area (Å²) in [6, 6.07) is 3.85. The number of benzene rings is 1. The first-order chi connectivity index (χ1) is 13.5. The maximum atomic E-state index is 13.0. The van der Waals surface area contributed by atoms with Gasteiger partial charge in [0, 0.05) is 25.3 Å². The molecule has 1 N–H and O–H groups in total. The van der Waals surface area contributed by atoms with E-state index in [9.17, 15) is 9.59 Å². The number of ether oxygens (including phenoxy) is 1. The molecule has 28 heavy (non-hydrogen) atoms. The van der Waals surface area contributed by atoms with Crippen LogP contribution in [0.5, 0.6) is 0 Å². The minimum absolute atomic E-state index is 0.000712. The first-order valence-electron chi connectivity index (χ1n) is 10.4. The van der Waals surface area contributed by atoms with Gasteiger partial charge in [0.25, 0.3) is 0 Å². The zero-order valence-corrected chi connectivity index (χ0v) is 17.1. The van der Waals surface area contributed by atoms with Gasteiger partial charge in [0.2, 0.25) is 0 Å². The van der Waals surface area contributed by atoms with Crippen molar-refractivity contribution in [3.63, 3.8) is 0 Å². The molecular weight excluding hydrogens is 356 g/mol. The molecule has 0 bridgehead atoms. The van der Waals surface area contributed by atoms with Crippen LogP contribution in [0.4, 0.5) is 10.5 Å². The van der Waals surface area contributed by atoms with Gasteiger partial charge in [-0.25, -0.2) is 9.59 Å². The molecule has 1 spiro atoms. The van der Waals surface area contributed by atoms with Crippen molar-refractivity contribution in [3.05, 3.63) is 28.2 Å². The Morgan fingerprint density at radius 3 is 2.43 bits per heavy atom. The molecule has 1 aliphatic carbocycles. The summed E-state index contributed by atoms with van der Waals surface area (Å²) < 4.78 is 9.58. The van der Waals surface area contributed by atoms with E-state index in [1.165, 1.54) is 12.8 Å². The van der Waals surface area contributed by atoms with Crippen molar-refractivity contribution in [1.82, 2.24) is 14.0 Å². The third-order valence-corrected chi connectivity index (χ3v) is 6.29. The number of aromatic nitrogens is 2. The van der Waals surface area contributed by atoms with E-state index in [0.717, 1.165) is 35.1 Å². The van der Waals surface area contributed by atoms with Crippen molar-refractivity contribution in [2.75, 3.05) is 25.0 Å². The number of aryl methyl sites for hydroxylation is 3. The van der Waals surface area contributed by atoms with Crippen molar-refractivity contribution < 1.29 is 9.53 Å². The number of nitrogens with one attached hydrogen (secondary N) is 1. The average Bonchev–Trinajstić information content (AvgIpc) is 3.23. The summed E-state index contributed by atoms with van der Waals surface area (Å²) >= 11 is 0. The van der Waals surface area contributed by atoms with Crippen LogP contribution in [0.2, 0.25) is 0 Å². The topological polar surface area (TPSA) is 68.5 Å². The fraction of sp³-hybridized carbons (Fsp3) is 0.619. The van der Waals surface area contributed by atoms with Crippen LogP contribution >= 0.6 is 0 Å². The number of imidazole rings is 1. The largest absolute Gasteiger partial charge is 0.371 e. The summed E-state index contributed by atoms with van der Waals surface area (Å²) in [4.78, 5) is 27.4. The minimum atomic E-state index is -0.143. The minimum Gasteiger partial charge on any atom is -0.371 e. The highest BCUT2D eigenvalue weighted by Crippen LogP contribution is 2.36. The number of anilines is 1. The maximum absolute atomic E-state index is 13.0. The quantitative estimate of drug-likeness (QED) is 0.880. The van der Waals surface area contributed by atoms with Gasteiger partial charge >= 0.3 is 11.7 Å². The molecule has 2 heterocycles. The van der Waals surface area contributed by atoms with Gasteiger partial charge in [-0.15, -0.1) is 0 Å². The summed E-state index contributed by atoms with van der Waals surface area (Å²) in [5, 5.41) is 3.08. The van der Waals surface area contributed by atoms with Crippen LogP contribution in [0.25, 0.3) is 11.0 Å². The van der Waals surface area contributed by atoms with E-state index in [0.29, 0.717) is 32.8 Å². The number of hydrogen-bond donors (Lipinski definition) is 1. The number of rotatable bonds is 3. The van der Waals surface area contributed by atoms with E-state index >= 15 is 0 Å². The van der Waals surface area contributed by atoms with E-state index in [-0.39, 0.29) is 17.3 Å². The van der Waals surface area contributed by atoms with Gasteiger partial charge in [-0.05, 0) is 51.3 Å². The number of carbonyl (C=O) groups excluding carboxylic acids is 1. The highest BCUT2D eigenvalue weighted by atomic mass is 16.5. The first-order valence-corrected chi connectivity index (χ1v) is 10.4. The van der Waals surface area contributed by atoms with Crippen molar-refractivity contribution in [2.45, 2.75) is 65.1 Å². The fourth-order valence-electron chi connectivity index (χ4n) is 4.75. The van der Waals surface area contributed by atoms with Gasteiger partial charge in [0.15, 0.2) is 0 Å². The molecule has 4 rings (SSSR count). The molecule has 0 unspecified atom stereocenters. The Balaban J connectivity index is 1.61. The monoisotopic (exact) mass is 386 g/mol. The number of urea groups is 1. The predicted molar refractivity (Wildman–Crippen MR) is 110 cm³/mol. The second-order valence-electron chi connectivity index (χ2n) is 8.02. The molecule has 1 aromatic carbocycles. The predicted octanol–water partition coefficient (Wildman–Crippen LogP) is 3.33. The summed E-state index contributed by atoms with van der Waals surface area (Å²) in [5.41, 5.74) is 3.36. The zero-order chi connectivity index (χ0) is 19.9. The number of morpholine rings is 1. The van der Waals surface area contributed by atoms with Crippen molar-refractivity contribution in [2.24, 2.45) is 0 Å². The van der Waals surface area contributed by atoms with E-state index in [1.807, 2.05) is 37.8 Å². The Kier molecular flexibility index (Phi) is 4.95. The summed E-state index contributed by atoms with van der Waals surface area (Å²) in [6.45, 7) is 9.01. The third kappa shape index (κ3) is 3.11. The average molecular weight is 386 g/mol. The Labute approximate surface area is 165 Å². The second kappa shape index (κ2) is 7.28. The van der Waals surface area contributed by atoms with Gasteiger partial charge < -0.3 is 15.0 Å². The Morgan fingerprint density at radius 1 is 1.14 bits per heavy atom. The highest BCUT2D eigenvalue weighted by Gasteiger charge is 2.40. The molecule has 7 heteroatoms. The van der Waals surface area contributed by atoms with Crippen LogP contribution in [-0.2, 0) is 17.8 Å². The lowest BCUT2D eigenvalue weighted by molar-refractivity contribution is -0.0914. The molecular formula is C21H30N4O3. The summed E-state index contributed by atoms with van der Waals surface area (Å²) in [5.74, 6) is 0. The molecule has 7 nitrogen and oxygen atoms in total. The SMILES string of the molecule is CCn1c(=O)n(CC)c2cc(NC(=O)N3CCOC4(CCCC4)C3)c(C)cc21. The first kappa shape index (κ1) is 19.1. The van der Waals surface area contributed by atoms with Crippen molar-refractivity contribution >= 4 is 22.8 Å². The number of amides is 2. The third-order valence-electron chi connectivity index (χ3n) is 6.29. The number of carbonyl (C=O) groups is 1. The van der Waals surface area contributed by atoms with Crippen LogP contribution < -0.4 is 11.0 Å². The van der Waals surface area contributed by atoms with E-state index < -0.39 is 0 Å². The molecule has 1 saturated carbocycles. The number of hydrogen-bond acceptors (Lipinski definition) is 3. The number of nitrogens with zero attached hydrogens (tertiary/aromatic N) is 3. The van der Waals surface area contributed by atoms with Crippen LogP contribution in [0.15, 0.2) is 16.9 Å². The Hall–Kier alpha value is -2.28. The molecule has 1 aromatic heterocycles. The van der Waals surface area contributed by atoms with Gasteiger partial charge in [-0.2, -0.15) is 0 Å². The molecule has 2 aromatic rings. The van der Waals surface area contributed by atoms with E-state index in [2.05, 4.69) is 5.32 Å². The van der Waals surface area contributed by atoms with E-state index in [1.54, 1.807) is 9.13 Å². The highest BCUT2D eigenvalue weighted by molar-refractivity contribution is 5.93. The molecule has 1 aliphatic heterocycles. The summed E-state index contributed by atoms with van der Waals surface area (Å²) in [6.07, 6.45) is 4.42. The van der Waals surface area contributed by atoms with Gasteiger partial charge in [-0.1, -0.05) is 12.8 Å². The Bertz CT molecular complexity index is 953. The molecule has 0 atom stereocenters. The van der Waals surface area contributed by atoms with Crippen molar-refractivity contribution in [3.8, 4) is 0 Å². The van der Waals surface area contributed by atoms with Crippen LogP contribution in [0.1, 0.15) is 45.1 Å². The molecule has 2 amide bonds. The Morgan fingerprint density at radius 2 is 1.79 bits per heavy atom. The van der Waals surface area contributed by atoms with E-state index in [4.69, 9.17) is 4.74 Å². The van der Waals surface area contributed by atoms with Gasteiger partial charge in [0.1, 0.15) is 0 Å². The lowest BCUT2D eigenvalue weighted by atomic mass is 10.00. The van der Waals surface area contributed by atoms with Crippen LogP contribution in [-0.4, -0.2) is 45.4 Å². The lowest BCUT2D eigenvalue weighted by Gasteiger charge is -2.40. The van der Waals surface area contributed by atoms with Crippen LogP contribution in [0, 0.1) is 6.92 Å². The molecule has 2 aliphatic rings. The zero-order valence-electron chi connectivity index (χ0n) is 17.1. The molecule has 152 valence electrons. The number of fused-ring (bicyclic) bond motifs is 1. The fourth-order valence-corrected chi connectivity index (χ4v) is 4.75. The summed E-state index contributed by atoms with van der Waals surface area (Å²) in [7, 11) is 0. The second-order valence-corrected chi connectivity index (χ2v) is 8.02. The molecule has 0 radical (unpaired) electrons. The van der Waals surface area contributed by atoms with Crippen molar-refractivity contribution in [1.29, 1.82) is 0 Å². The van der Waals surface area contributed by atoms with Crippen LogP contribution in [0.3, 0.4) is 0 Å². The molecule has 1 saturated heterocycles. The lowest BCUT2D eigenvalue weighted by Crippen LogP contribution is -2.53. The van der Waals surface area contributed by atoms with Gasteiger partial charge in [0.05, 0.1) is 29.8 Å². The normalized spacial score (nSPS) is 18.9. The smallest absolute Gasteiger partial charge is 0.329 e. The maximum Gasteiger partial charge on any atom is 0.329 e.